The fourth-order valence-corrected chi connectivity index (χ4v) is 2.94. The Morgan fingerprint density at radius 1 is 1.29 bits per heavy atom. The van der Waals surface area contributed by atoms with Crippen molar-refractivity contribution < 1.29 is 9.53 Å². The highest BCUT2D eigenvalue weighted by Gasteiger charge is 2.54. The lowest BCUT2D eigenvalue weighted by Gasteiger charge is -2.39. The third kappa shape index (κ3) is 1.71. The Balaban J connectivity index is 1.71. The SMILES string of the molecule is COC1(C(=O)C2CC2c2ccccc2)CCC1. The van der Waals surface area contributed by atoms with E-state index in [4.69, 9.17) is 4.74 Å². The lowest BCUT2D eigenvalue weighted by molar-refractivity contribution is -0.153. The van der Waals surface area contributed by atoms with Crippen LogP contribution in [-0.2, 0) is 9.53 Å². The molecular weight excluding hydrogens is 212 g/mol. The van der Waals surface area contributed by atoms with Crippen molar-refractivity contribution in [3.8, 4) is 0 Å². The van der Waals surface area contributed by atoms with Crippen molar-refractivity contribution in [1.82, 2.24) is 0 Å². The summed E-state index contributed by atoms with van der Waals surface area (Å²) in [5, 5.41) is 0. The minimum atomic E-state index is -0.422. The molecule has 17 heavy (non-hydrogen) atoms. The van der Waals surface area contributed by atoms with Crippen LogP contribution in [-0.4, -0.2) is 18.5 Å². The maximum absolute atomic E-state index is 12.4. The number of benzene rings is 1. The van der Waals surface area contributed by atoms with Crippen molar-refractivity contribution in [2.75, 3.05) is 7.11 Å². The van der Waals surface area contributed by atoms with Crippen molar-refractivity contribution in [3.63, 3.8) is 0 Å². The van der Waals surface area contributed by atoms with Crippen LogP contribution in [0.3, 0.4) is 0 Å². The van der Waals surface area contributed by atoms with Gasteiger partial charge in [0.15, 0.2) is 5.78 Å². The van der Waals surface area contributed by atoms with E-state index in [1.807, 2.05) is 18.2 Å². The molecule has 2 saturated carbocycles. The van der Waals surface area contributed by atoms with Crippen LogP contribution in [0.2, 0.25) is 0 Å². The second kappa shape index (κ2) is 3.95. The maximum Gasteiger partial charge on any atom is 0.168 e. The molecule has 2 aliphatic rings. The minimum Gasteiger partial charge on any atom is -0.370 e. The smallest absolute Gasteiger partial charge is 0.168 e. The van der Waals surface area contributed by atoms with Crippen LogP contribution in [0.1, 0.15) is 37.2 Å². The molecule has 90 valence electrons. The van der Waals surface area contributed by atoms with Crippen LogP contribution in [0.5, 0.6) is 0 Å². The van der Waals surface area contributed by atoms with E-state index in [-0.39, 0.29) is 5.92 Å². The molecule has 0 radical (unpaired) electrons. The van der Waals surface area contributed by atoms with E-state index in [1.165, 1.54) is 5.56 Å². The van der Waals surface area contributed by atoms with E-state index < -0.39 is 5.60 Å². The summed E-state index contributed by atoms with van der Waals surface area (Å²) in [5.74, 6) is 0.995. The lowest BCUT2D eigenvalue weighted by Crippen LogP contribution is -2.48. The summed E-state index contributed by atoms with van der Waals surface area (Å²) in [6.07, 6.45) is 3.97. The second-order valence-corrected chi connectivity index (χ2v) is 5.28. The van der Waals surface area contributed by atoms with Gasteiger partial charge in [-0.15, -0.1) is 0 Å². The monoisotopic (exact) mass is 230 g/mol. The van der Waals surface area contributed by atoms with E-state index in [2.05, 4.69) is 12.1 Å². The number of Topliss-reactive ketones (excluding diaryl/α,β-unsaturated/α-hetero) is 1. The highest BCUT2D eigenvalue weighted by atomic mass is 16.5. The van der Waals surface area contributed by atoms with Gasteiger partial charge in [-0.05, 0) is 37.2 Å². The molecule has 2 aliphatic carbocycles. The molecule has 0 amide bonds. The van der Waals surface area contributed by atoms with Crippen LogP contribution >= 0.6 is 0 Å². The quantitative estimate of drug-likeness (QED) is 0.795. The molecule has 0 saturated heterocycles. The van der Waals surface area contributed by atoms with Gasteiger partial charge in [-0.2, -0.15) is 0 Å². The topological polar surface area (TPSA) is 26.3 Å². The van der Waals surface area contributed by atoms with Crippen molar-refractivity contribution in [2.45, 2.75) is 37.2 Å². The minimum absolute atomic E-state index is 0.206. The molecular formula is C15H18O2. The second-order valence-electron chi connectivity index (χ2n) is 5.28. The predicted octanol–water partition coefficient (Wildman–Crippen LogP) is 2.93. The van der Waals surface area contributed by atoms with Gasteiger partial charge in [0.1, 0.15) is 5.60 Å². The zero-order valence-electron chi connectivity index (χ0n) is 10.2. The zero-order valence-corrected chi connectivity index (χ0v) is 10.2. The third-order valence-electron chi connectivity index (χ3n) is 4.36. The summed E-state index contributed by atoms with van der Waals surface area (Å²) in [6, 6.07) is 10.4. The first-order valence-electron chi connectivity index (χ1n) is 6.41. The maximum atomic E-state index is 12.4. The van der Waals surface area contributed by atoms with Gasteiger partial charge in [0, 0.05) is 13.0 Å². The molecule has 0 aliphatic heterocycles. The number of hydrogen-bond donors (Lipinski definition) is 0. The summed E-state index contributed by atoms with van der Waals surface area (Å²) < 4.78 is 5.47. The van der Waals surface area contributed by atoms with E-state index in [9.17, 15) is 4.79 Å². The average molecular weight is 230 g/mol. The van der Waals surface area contributed by atoms with Gasteiger partial charge in [-0.1, -0.05) is 30.3 Å². The molecule has 2 unspecified atom stereocenters. The van der Waals surface area contributed by atoms with E-state index in [1.54, 1.807) is 7.11 Å². The molecule has 0 aromatic heterocycles. The van der Waals surface area contributed by atoms with Crippen LogP contribution in [0, 0.1) is 5.92 Å². The molecule has 0 spiro atoms. The molecule has 2 heteroatoms. The highest BCUT2D eigenvalue weighted by molar-refractivity contribution is 5.93. The highest BCUT2D eigenvalue weighted by Crippen LogP contribution is 2.52. The van der Waals surface area contributed by atoms with Gasteiger partial charge >= 0.3 is 0 Å². The van der Waals surface area contributed by atoms with Crippen molar-refractivity contribution in [3.05, 3.63) is 35.9 Å². The van der Waals surface area contributed by atoms with Gasteiger partial charge in [-0.25, -0.2) is 0 Å². The Morgan fingerprint density at radius 2 is 2.00 bits per heavy atom. The zero-order chi connectivity index (χ0) is 11.9. The molecule has 2 fully saturated rings. The molecule has 0 heterocycles. The van der Waals surface area contributed by atoms with Gasteiger partial charge in [0.25, 0.3) is 0 Å². The molecule has 0 bridgehead atoms. The van der Waals surface area contributed by atoms with E-state index >= 15 is 0 Å². The molecule has 3 rings (SSSR count). The van der Waals surface area contributed by atoms with Gasteiger partial charge in [0.2, 0.25) is 0 Å². The average Bonchev–Trinajstić information content (AvgIpc) is 3.09. The predicted molar refractivity (Wildman–Crippen MR) is 65.9 cm³/mol. The number of ketones is 1. The standard InChI is InChI=1S/C15H18O2/c1-17-15(8-5-9-15)14(16)13-10-12(13)11-6-3-2-4-7-11/h2-4,6-7,12-13H,5,8-10H2,1H3. The van der Waals surface area contributed by atoms with E-state index in [0.29, 0.717) is 11.7 Å². The molecule has 2 nitrogen and oxygen atoms in total. The fourth-order valence-electron chi connectivity index (χ4n) is 2.94. The normalized spacial score (nSPS) is 29.5. The van der Waals surface area contributed by atoms with E-state index in [0.717, 1.165) is 25.7 Å². The summed E-state index contributed by atoms with van der Waals surface area (Å²) in [7, 11) is 1.68. The van der Waals surface area contributed by atoms with Crippen LogP contribution in [0.4, 0.5) is 0 Å². The fraction of sp³-hybridized carbons (Fsp3) is 0.533. The summed E-state index contributed by atoms with van der Waals surface area (Å²) in [4.78, 5) is 12.4. The first-order valence-corrected chi connectivity index (χ1v) is 6.41. The van der Waals surface area contributed by atoms with Gasteiger partial charge in [-0.3, -0.25) is 4.79 Å². The van der Waals surface area contributed by atoms with Crippen molar-refractivity contribution in [1.29, 1.82) is 0 Å². The van der Waals surface area contributed by atoms with Gasteiger partial charge in [0.05, 0.1) is 0 Å². The van der Waals surface area contributed by atoms with Crippen molar-refractivity contribution >= 4 is 5.78 Å². The Hall–Kier alpha value is -1.15. The van der Waals surface area contributed by atoms with Crippen LogP contribution in [0.25, 0.3) is 0 Å². The number of methoxy groups -OCH3 is 1. The first kappa shape index (κ1) is 11.0. The Bertz CT molecular complexity index is 414. The largest absolute Gasteiger partial charge is 0.370 e. The number of rotatable bonds is 4. The summed E-state index contributed by atoms with van der Waals surface area (Å²) >= 11 is 0. The third-order valence-corrected chi connectivity index (χ3v) is 4.36. The number of hydrogen-bond acceptors (Lipinski definition) is 2. The van der Waals surface area contributed by atoms with Crippen LogP contribution < -0.4 is 0 Å². The lowest BCUT2D eigenvalue weighted by atomic mass is 9.75. The molecule has 0 N–H and O–H groups in total. The first-order chi connectivity index (χ1) is 8.27. The van der Waals surface area contributed by atoms with Crippen molar-refractivity contribution in [2.24, 2.45) is 5.92 Å². The molecule has 1 aromatic rings. The van der Waals surface area contributed by atoms with Crippen LogP contribution in [0.15, 0.2) is 30.3 Å². The number of carbonyl (C=O) groups excluding carboxylic acids is 1. The van der Waals surface area contributed by atoms with Gasteiger partial charge < -0.3 is 4.74 Å². The summed E-state index contributed by atoms with van der Waals surface area (Å²) in [6.45, 7) is 0. The Morgan fingerprint density at radius 3 is 2.53 bits per heavy atom. The number of ether oxygens (including phenoxy) is 1. The molecule has 2 atom stereocenters. The Kier molecular flexibility index (Phi) is 2.55. The molecule has 1 aromatic carbocycles. The number of carbonyl (C=O) groups is 1. The Labute approximate surface area is 102 Å². The summed E-state index contributed by atoms with van der Waals surface area (Å²) in [5.41, 5.74) is 0.880.